The van der Waals surface area contributed by atoms with Crippen molar-refractivity contribution in [3.05, 3.63) is 42.4 Å². The van der Waals surface area contributed by atoms with Crippen molar-refractivity contribution in [1.29, 1.82) is 0 Å². The van der Waals surface area contributed by atoms with E-state index in [4.69, 9.17) is 14.2 Å². The summed E-state index contributed by atoms with van der Waals surface area (Å²) in [7, 11) is 4.81. The van der Waals surface area contributed by atoms with Gasteiger partial charge in [0.05, 0.1) is 26.2 Å². The number of aromatic nitrogens is 2. The smallest absolute Gasteiger partial charge is 0.203 e. The van der Waals surface area contributed by atoms with Crippen molar-refractivity contribution in [2.24, 2.45) is 0 Å². The Morgan fingerprint density at radius 2 is 1.58 bits per heavy atom. The number of hydrogen-bond donors (Lipinski definition) is 0. The number of aryl methyl sites for hydroxylation is 1. The van der Waals surface area contributed by atoms with Crippen LogP contribution < -0.4 is 14.2 Å². The van der Waals surface area contributed by atoms with Crippen LogP contribution in [0.4, 0.5) is 0 Å². The van der Waals surface area contributed by atoms with Crippen molar-refractivity contribution < 1.29 is 14.2 Å². The molecule has 1 aromatic carbocycles. The summed E-state index contributed by atoms with van der Waals surface area (Å²) in [4.78, 5) is 5.40. The van der Waals surface area contributed by atoms with Gasteiger partial charge in [-0.05, 0) is 36.7 Å². The molecule has 0 unspecified atom stereocenters. The Balaban J connectivity index is 2.14. The van der Waals surface area contributed by atoms with E-state index in [-0.39, 0.29) is 0 Å². The molecule has 0 spiro atoms. The summed E-state index contributed by atoms with van der Waals surface area (Å²) in [5.41, 5.74) is 4.00. The topological polar surface area (TPSA) is 53.5 Å². The standard InChI is InChI=1S/C18H18N2O3S/c1-11-5-6-12(9-19-11)14-10-20-24-18(14)13-7-15(21-2)17(23-4)16(8-13)22-3/h5-10H,1-4H3. The fourth-order valence-electron chi connectivity index (χ4n) is 2.49. The van der Waals surface area contributed by atoms with E-state index in [1.807, 2.05) is 43.6 Å². The highest BCUT2D eigenvalue weighted by molar-refractivity contribution is 7.10. The Morgan fingerprint density at radius 1 is 0.875 bits per heavy atom. The first kappa shape index (κ1) is 16.3. The minimum absolute atomic E-state index is 0.576. The maximum atomic E-state index is 5.45. The molecule has 0 aliphatic heterocycles. The van der Waals surface area contributed by atoms with Crippen molar-refractivity contribution in [1.82, 2.24) is 9.36 Å². The van der Waals surface area contributed by atoms with Gasteiger partial charge in [0.1, 0.15) is 0 Å². The van der Waals surface area contributed by atoms with Crippen LogP contribution in [0.5, 0.6) is 17.2 Å². The highest BCUT2D eigenvalue weighted by Crippen LogP contribution is 2.44. The lowest BCUT2D eigenvalue weighted by atomic mass is 10.0. The summed E-state index contributed by atoms with van der Waals surface area (Å²) >= 11 is 1.42. The molecule has 6 heteroatoms. The van der Waals surface area contributed by atoms with Gasteiger partial charge in [-0.1, -0.05) is 6.07 Å². The molecule has 0 aliphatic carbocycles. The summed E-state index contributed by atoms with van der Waals surface area (Å²) in [6.45, 7) is 1.97. The maximum Gasteiger partial charge on any atom is 0.203 e. The Labute approximate surface area is 145 Å². The van der Waals surface area contributed by atoms with Crippen LogP contribution in [0.1, 0.15) is 5.69 Å². The van der Waals surface area contributed by atoms with E-state index in [0.29, 0.717) is 17.2 Å². The Morgan fingerprint density at radius 3 is 2.12 bits per heavy atom. The van der Waals surface area contributed by atoms with E-state index in [9.17, 15) is 0 Å². The van der Waals surface area contributed by atoms with Crippen LogP contribution >= 0.6 is 11.5 Å². The number of hydrogen-bond acceptors (Lipinski definition) is 6. The van der Waals surface area contributed by atoms with Gasteiger partial charge < -0.3 is 14.2 Å². The van der Waals surface area contributed by atoms with E-state index < -0.39 is 0 Å². The molecule has 24 heavy (non-hydrogen) atoms. The number of pyridine rings is 1. The van der Waals surface area contributed by atoms with E-state index in [1.54, 1.807) is 21.3 Å². The lowest BCUT2D eigenvalue weighted by molar-refractivity contribution is 0.324. The summed E-state index contributed by atoms with van der Waals surface area (Å²) in [6, 6.07) is 7.90. The lowest BCUT2D eigenvalue weighted by Crippen LogP contribution is -1.95. The first-order valence-corrected chi connectivity index (χ1v) is 8.13. The Bertz CT molecular complexity index is 819. The number of methoxy groups -OCH3 is 3. The molecule has 124 valence electrons. The molecule has 2 heterocycles. The molecule has 0 N–H and O–H groups in total. The normalized spacial score (nSPS) is 10.5. The predicted molar refractivity (Wildman–Crippen MR) is 95.2 cm³/mol. The zero-order valence-electron chi connectivity index (χ0n) is 14.0. The largest absolute Gasteiger partial charge is 0.493 e. The van der Waals surface area contributed by atoms with E-state index in [0.717, 1.165) is 27.3 Å². The highest BCUT2D eigenvalue weighted by Gasteiger charge is 2.18. The molecular weight excluding hydrogens is 324 g/mol. The summed E-state index contributed by atoms with van der Waals surface area (Å²) in [5, 5.41) is 0. The Hall–Kier alpha value is -2.60. The molecule has 0 aliphatic rings. The second-order valence-electron chi connectivity index (χ2n) is 5.17. The second kappa shape index (κ2) is 6.88. The lowest BCUT2D eigenvalue weighted by Gasteiger charge is -2.14. The van der Waals surface area contributed by atoms with Crippen molar-refractivity contribution in [3.8, 4) is 38.8 Å². The zero-order valence-corrected chi connectivity index (χ0v) is 14.8. The fourth-order valence-corrected chi connectivity index (χ4v) is 3.25. The monoisotopic (exact) mass is 342 g/mol. The molecule has 5 nitrogen and oxygen atoms in total. The van der Waals surface area contributed by atoms with Crippen LogP contribution in [-0.2, 0) is 0 Å². The number of rotatable bonds is 5. The second-order valence-corrected chi connectivity index (χ2v) is 5.97. The molecule has 2 aromatic heterocycles. The summed E-state index contributed by atoms with van der Waals surface area (Å²) < 4.78 is 20.6. The van der Waals surface area contributed by atoms with Gasteiger partial charge in [-0.3, -0.25) is 4.98 Å². The van der Waals surface area contributed by atoms with Crippen LogP contribution in [0, 0.1) is 6.92 Å². The van der Waals surface area contributed by atoms with Gasteiger partial charge in [-0.2, -0.15) is 4.37 Å². The SMILES string of the molecule is COc1cc(-c2sncc2-c2ccc(C)nc2)cc(OC)c1OC. The van der Waals surface area contributed by atoms with E-state index >= 15 is 0 Å². The third kappa shape index (κ3) is 2.92. The quantitative estimate of drug-likeness (QED) is 0.695. The molecular formula is C18H18N2O3S. The molecule has 0 fully saturated rings. The predicted octanol–water partition coefficient (Wildman–Crippen LogP) is 4.21. The zero-order chi connectivity index (χ0) is 17.1. The third-order valence-corrected chi connectivity index (χ3v) is 4.57. The van der Waals surface area contributed by atoms with Crippen molar-refractivity contribution >= 4 is 11.5 Å². The van der Waals surface area contributed by atoms with Gasteiger partial charge in [0, 0.05) is 34.8 Å². The molecule has 3 aromatic rings. The molecule has 0 bridgehead atoms. The summed E-state index contributed by atoms with van der Waals surface area (Å²) in [5.74, 6) is 1.81. The van der Waals surface area contributed by atoms with Crippen LogP contribution in [0.3, 0.4) is 0 Å². The minimum atomic E-state index is 0.576. The molecule has 0 saturated carbocycles. The van der Waals surface area contributed by atoms with Crippen molar-refractivity contribution in [3.63, 3.8) is 0 Å². The molecule has 0 atom stereocenters. The van der Waals surface area contributed by atoms with E-state index in [1.165, 1.54) is 11.5 Å². The summed E-state index contributed by atoms with van der Waals surface area (Å²) in [6.07, 6.45) is 3.72. The van der Waals surface area contributed by atoms with Gasteiger partial charge in [0.15, 0.2) is 11.5 Å². The van der Waals surface area contributed by atoms with Gasteiger partial charge >= 0.3 is 0 Å². The van der Waals surface area contributed by atoms with Crippen LogP contribution in [0.2, 0.25) is 0 Å². The molecule has 0 saturated heterocycles. The van der Waals surface area contributed by atoms with Gasteiger partial charge in [-0.15, -0.1) is 0 Å². The van der Waals surface area contributed by atoms with Crippen LogP contribution in [0.15, 0.2) is 36.7 Å². The first-order chi connectivity index (χ1) is 11.7. The van der Waals surface area contributed by atoms with E-state index in [2.05, 4.69) is 9.36 Å². The molecule has 0 radical (unpaired) electrons. The molecule has 3 rings (SSSR count). The first-order valence-electron chi connectivity index (χ1n) is 7.36. The average Bonchev–Trinajstić information content (AvgIpc) is 3.10. The molecule has 0 amide bonds. The number of benzene rings is 1. The van der Waals surface area contributed by atoms with Crippen molar-refractivity contribution in [2.45, 2.75) is 6.92 Å². The van der Waals surface area contributed by atoms with Gasteiger partial charge in [-0.25, -0.2) is 0 Å². The van der Waals surface area contributed by atoms with Gasteiger partial charge in [0.2, 0.25) is 5.75 Å². The fraction of sp³-hybridized carbons (Fsp3) is 0.222. The average molecular weight is 342 g/mol. The Kier molecular flexibility index (Phi) is 4.66. The number of ether oxygens (including phenoxy) is 3. The van der Waals surface area contributed by atoms with Crippen LogP contribution in [0.25, 0.3) is 21.6 Å². The van der Waals surface area contributed by atoms with Crippen LogP contribution in [-0.4, -0.2) is 30.7 Å². The maximum absolute atomic E-state index is 5.45. The van der Waals surface area contributed by atoms with Gasteiger partial charge in [0.25, 0.3) is 0 Å². The minimum Gasteiger partial charge on any atom is -0.493 e. The highest BCUT2D eigenvalue weighted by atomic mass is 32.1. The third-order valence-electron chi connectivity index (χ3n) is 3.72. The number of nitrogens with zero attached hydrogens (tertiary/aromatic N) is 2. The van der Waals surface area contributed by atoms with Crippen molar-refractivity contribution in [2.75, 3.05) is 21.3 Å².